The Morgan fingerprint density at radius 3 is 2.65 bits per heavy atom. The normalized spacial score (nSPS) is 10.1. The summed E-state index contributed by atoms with van der Waals surface area (Å²) in [5.74, 6) is -1.43. The molecule has 0 spiro atoms. The highest BCUT2D eigenvalue weighted by molar-refractivity contribution is 9.10. The number of benzene rings is 1. The topological polar surface area (TPSA) is 110 Å². The Morgan fingerprint density at radius 1 is 1.35 bits per heavy atom. The number of amides is 1. The zero-order chi connectivity index (χ0) is 15.1. The van der Waals surface area contributed by atoms with E-state index in [2.05, 4.69) is 21.2 Å². The SMILES string of the molecule is O=C(O)CCCCNC(=O)c1ccc(Br)cc1[N+](=O)[O-]. The summed E-state index contributed by atoms with van der Waals surface area (Å²) in [4.78, 5) is 32.4. The van der Waals surface area contributed by atoms with Crippen molar-refractivity contribution < 1.29 is 19.6 Å². The van der Waals surface area contributed by atoms with Crippen LogP contribution < -0.4 is 5.32 Å². The Kier molecular flexibility index (Phi) is 6.10. The van der Waals surface area contributed by atoms with Crippen LogP contribution in [0.3, 0.4) is 0 Å². The monoisotopic (exact) mass is 344 g/mol. The predicted molar refractivity (Wildman–Crippen MR) is 74.6 cm³/mol. The molecule has 1 rings (SSSR count). The highest BCUT2D eigenvalue weighted by atomic mass is 79.9. The molecule has 0 aliphatic heterocycles. The van der Waals surface area contributed by atoms with Crippen molar-refractivity contribution >= 4 is 33.5 Å². The van der Waals surface area contributed by atoms with Crippen molar-refractivity contribution in [1.29, 1.82) is 0 Å². The van der Waals surface area contributed by atoms with Crippen LogP contribution in [0, 0.1) is 10.1 Å². The molecule has 0 aliphatic rings. The minimum Gasteiger partial charge on any atom is -0.481 e. The van der Waals surface area contributed by atoms with Crippen molar-refractivity contribution in [1.82, 2.24) is 5.32 Å². The van der Waals surface area contributed by atoms with Crippen molar-refractivity contribution in [2.45, 2.75) is 19.3 Å². The quantitative estimate of drug-likeness (QED) is 0.448. The molecule has 0 saturated carbocycles. The van der Waals surface area contributed by atoms with Gasteiger partial charge in [0, 0.05) is 23.5 Å². The van der Waals surface area contributed by atoms with Gasteiger partial charge < -0.3 is 10.4 Å². The fraction of sp³-hybridized carbons (Fsp3) is 0.333. The molecular formula is C12H13BrN2O5. The number of nitro groups is 1. The summed E-state index contributed by atoms with van der Waals surface area (Å²) >= 11 is 3.11. The predicted octanol–water partition coefficient (Wildman–Crippen LogP) is 2.34. The van der Waals surface area contributed by atoms with E-state index >= 15 is 0 Å². The van der Waals surface area contributed by atoms with E-state index in [9.17, 15) is 19.7 Å². The van der Waals surface area contributed by atoms with E-state index in [4.69, 9.17) is 5.11 Å². The first-order valence-corrected chi connectivity index (χ1v) is 6.65. The van der Waals surface area contributed by atoms with Gasteiger partial charge in [-0.25, -0.2) is 0 Å². The molecule has 1 amide bonds. The second-order valence-corrected chi connectivity index (χ2v) is 4.94. The van der Waals surface area contributed by atoms with Gasteiger partial charge in [0.15, 0.2) is 0 Å². The summed E-state index contributed by atoms with van der Waals surface area (Å²) in [7, 11) is 0. The van der Waals surface area contributed by atoms with E-state index in [0.29, 0.717) is 17.3 Å². The molecule has 0 radical (unpaired) electrons. The molecule has 20 heavy (non-hydrogen) atoms. The summed E-state index contributed by atoms with van der Waals surface area (Å²) in [5, 5.41) is 21.9. The molecule has 1 aromatic carbocycles. The lowest BCUT2D eigenvalue weighted by Gasteiger charge is -2.05. The van der Waals surface area contributed by atoms with Crippen LogP contribution in [-0.4, -0.2) is 28.5 Å². The standard InChI is InChI=1S/C12H13BrN2O5/c13-8-4-5-9(10(7-8)15(19)20)12(18)14-6-2-1-3-11(16)17/h4-5,7H,1-3,6H2,(H,14,18)(H,16,17). The van der Waals surface area contributed by atoms with Crippen LogP contribution in [0.5, 0.6) is 0 Å². The Hall–Kier alpha value is -1.96. The van der Waals surface area contributed by atoms with Gasteiger partial charge >= 0.3 is 5.97 Å². The first-order valence-electron chi connectivity index (χ1n) is 5.85. The van der Waals surface area contributed by atoms with E-state index in [1.807, 2.05) is 0 Å². The molecule has 0 heterocycles. The van der Waals surface area contributed by atoms with Gasteiger partial charge in [-0.05, 0) is 25.0 Å². The molecule has 0 saturated heterocycles. The van der Waals surface area contributed by atoms with Gasteiger partial charge in [-0.2, -0.15) is 0 Å². The molecule has 7 nitrogen and oxygen atoms in total. The summed E-state index contributed by atoms with van der Waals surface area (Å²) in [5.41, 5.74) is -0.293. The van der Waals surface area contributed by atoms with Crippen LogP contribution in [0.15, 0.2) is 22.7 Å². The lowest BCUT2D eigenvalue weighted by Crippen LogP contribution is -2.25. The lowest BCUT2D eigenvalue weighted by molar-refractivity contribution is -0.385. The number of rotatable bonds is 7. The summed E-state index contributed by atoms with van der Waals surface area (Å²) in [6.45, 7) is 0.277. The molecule has 108 valence electrons. The van der Waals surface area contributed by atoms with Crippen molar-refractivity contribution in [2.75, 3.05) is 6.54 Å². The van der Waals surface area contributed by atoms with E-state index in [1.165, 1.54) is 12.1 Å². The zero-order valence-corrected chi connectivity index (χ0v) is 12.1. The van der Waals surface area contributed by atoms with Crippen molar-refractivity contribution in [3.63, 3.8) is 0 Å². The molecular weight excluding hydrogens is 332 g/mol. The van der Waals surface area contributed by atoms with Crippen LogP contribution in [0.25, 0.3) is 0 Å². The second-order valence-electron chi connectivity index (χ2n) is 4.03. The largest absolute Gasteiger partial charge is 0.481 e. The second kappa shape index (κ2) is 7.59. The smallest absolute Gasteiger partial charge is 0.303 e. The van der Waals surface area contributed by atoms with Crippen molar-refractivity contribution in [2.24, 2.45) is 0 Å². The number of carbonyl (C=O) groups excluding carboxylic acids is 1. The average Bonchev–Trinajstić information content (AvgIpc) is 2.37. The Balaban J connectivity index is 2.59. The number of carboxylic acid groups (broad SMARTS) is 1. The maximum absolute atomic E-state index is 11.8. The Morgan fingerprint density at radius 2 is 2.05 bits per heavy atom. The minimum absolute atomic E-state index is 0.0172. The number of aliphatic carboxylic acids is 1. The molecule has 8 heteroatoms. The number of nitrogens with zero attached hydrogens (tertiary/aromatic N) is 1. The molecule has 0 bridgehead atoms. The van der Waals surface area contributed by atoms with Crippen LogP contribution in [0.4, 0.5) is 5.69 Å². The number of halogens is 1. The maximum atomic E-state index is 11.8. The Bertz CT molecular complexity index is 533. The number of unbranched alkanes of at least 4 members (excludes halogenated alkanes) is 1. The van der Waals surface area contributed by atoms with E-state index in [1.54, 1.807) is 6.07 Å². The third-order valence-electron chi connectivity index (χ3n) is 2.50. The summed E-state index contributed by atoms with van der Waals surface area (Å²) in [6, 6.07) is 4.18. The van der Waals surface area contributed by atoms with Gasteiger partial charge in [-0.3, -0.25) is 19.7 Å². The van der Waals surface area contributed by atoms with Crippen molar-refractivity contribution in [3.05, 3.63) is 38.3 Å². The number of nitro benzene ring substituents is 1. The molecule has 0 aromatic heterocycles. The Labute approximate surface area is 123 Å². The van der Waals surface area contributed by atoms with Crippen LogP contribution in [0.1, 0.15) is 29.6 Å². The van der Waals surface area contributed by atoms with Gasteiger partial charge in [0.25, 0.3) is 11.6 Å². The number of carboxylic acids is 1. The first kappa shape index (κ1) is 16.1. The van der Waals surface area contributed by atoms with Gasteiger partial charge in [0.2, 0.25) is 0 Å². The molecule has 2 N–H and O–H groups in total. The minimum atomic E-state index is -0.889. The zero-order valence-electron chi connectivity index (χ0n) is 10.5. The molecule has 0 atom stereocenters. The fourth-order valence-corrected chi connectivity index (χ4v) is 1.90. The molecule has 0 aliphatic carbocycles. The highest BCUT2D eigenvalue weighted by Crippen LogP contribution is 2.23. The lowest BCUT2D eigenvalue weighted by atomic mass is 10.1. The maximum Gasteiger partial charge on any atom is 0.303 e. The van der Waals surface area contributed by atoms with E-state index in [-0.39, 0.29) is 24.2 Å². The number of hydrogen-bond acceptors (Lipinski definition) is 4. The van der Waals surface area contributed by atoms with Gasteiger partial charge in [0.1, 0.15) is 5.56 Å². The highest BCUT2D eigenvalue weighted by Gasteiger charge is 2.19. The average molecular weight is 345 g/mol. The van der Waals surface area contributed by atoms with Gasteiger partial charge in [0.05, 0.1) is 4.92 Å². The van der Waals surface area contributed by atoms with E-state index in [0.717, 1.165) is 0 Å². The van der Waals surface area contributed by atoms with E-state index < -0.39 is 16.8 Å². The molecule has 1 aromatic rings. The van der Waals surface area contributed by atoms with Crippen LogP contribution in [0.2, 0.25) is 0 Å². The summed E-state index contributed by atoms with van der Waals surface area (Å²) < 4.78 is 0.516. The number of nitrogens with one attached hydrogen (secondary N) is 1. The number of hydrogen-bond donors (Lipinski definition) is 2. The summed E-state index contributed by atoms with van der Waals surface area (Å²) in [6.07, 6.45) is 0.981. The third-order valence-corrected chi connectivity index (χ3v) is 3.00. The van der Waals surface area contributed by atoms with Gasteiger partial charge in [-0.1, -0.05) is 15.9 Å². The third kappa shape index (κ3) is 4.96. The van der Waals surface area contributed by atoms with Crippen LogP contribution >= 0.6 is 15.9 Å². The molecule has 0 unspecified atom stereocenters. The molecule has 0 fully saturated rings. The van der Waals surface area contributed by atoms with Crippen molar-refractivity contribution in [3.8, 4) is 0 Å². The van der Waals surface area contributed by atoms with Gasteiger partial charge in [-0.15, -0.1) is 0 Å². The number of carbonyl (C=O) groups is 2. The first-order chi connectivity index (χ1) is 9.41. The fourth-order valence-electron chi connectivity index (χ4n) is 1.55. The van der Waals surface area contributed by atoms with Crippen LogP contribution in [-0.2, 0) is 4.79 Å².